The maximum atomic E-state index is 13.4. The van der Waals surface area contributed by atoms with Gasteiger partial charge in [0.25, 0.3) is 0 Å². The van der Waals surface area contributed by atoms with Crippen molar-refractivity contribution in [3.63, 3.8) is 0 Å². The van der Waals surface area contributed by atoms with Gasteiger partial charge in [-0.1, -0.05) is 72.8 Å². The quantitative estimate of drug-likeness (QED) is 0.0770. The van der Waals surface area contributed by atoms with E-state index in [2.05, 4.69) is 76.1 Å². The number of hydrogen-bond acceptors (Lipinski definition) is 12. The molecule has 2 aliphatic rings. The zero-order valence-electron chi connectivity index (χ0n) is 36.1. The summed E-state index contributed by atoms with van der Waals surface area (Å²) in [6.07, 6.45) is 4.33. The number of nitrogens with one attached hydrogen (secondary N) is 3. The van der Waals surface area contributed by atoms with Crippen LogP contribution >= 0.6 is 22.7 Å². The maximum Gasteiger partial charge on any atom is 0.308 e. The molecular weight excluding hydrogens is 831 g/mol. The predicted octanol–water partition coefficient (Wildman–Crippen LogP) is 8.26. The van der Waals surface area contributed by atoms with E-state index in [1.165, 1.54) is 18.2 Å². The lowest BCUT2D eigenvalue weighted by Gasteiger charge is -2.26. The Balaban J connectivity index is 0.910. The lowest BCUT2D eigenvalue weighted by molar-refractivity contribution is -0.141. The molecule has 322 valence electrons. The van der Waals surface area contributed by atoms with Crippen LogP contribution in [0.25, 0.3) is 32.1 Å². The number of allylic oxidation sites excluding steroid dienone is 1. The van der Waals surface area contributed by atoms with Crippen LogP contribution in [0, 0.1) is 33.1 Å². The van der Waals surface area contributed by atoms with Gasteiger partial charge in [-0.05, 0) is 80.8 Å². The fourth-order valence-electron chi connectivity index (χ4n) is 8.23. The summed E-state index contributed by atoms with van der Waals surface area (Å²) in [5, 5.41) is 24.1. The van der Waals surface area contributed by atoms with Gasteiger partial charge in [-0.3, -0.25) is 23.9 Å². The van der Waals surface area contributed by atoms with Crippen LogP contribution in [0.1, 0.15) is 88.3 Å². The Labute approximate surface area is 374 Å². The number of benzene rings is 3. The van der Waals surface area contributed by atoms with Crippen molar-refractivity contribution < 1.29 is 19.1 Å². The van der Waals surface area contributed by atoms with Crippen LogP contribution in [0.2, 0.25) is 0 Å². The molecule has 0 radical (unpaired) electrons. The van der Waals surface area contributed by atoms with E-state index < -0.39 is 12.1 Å². The van der Waals surface area contributed by atoms with Crippen LogP contribution in [-0.4, -0.2) is 80.6 Å². The van der Waals surface area contributed by atoms with Gasteiger partial charge in [0, 0.05) is 40.5 Å². The molecular formula is C48H49N9O4S2. The molecule has 6 aromatic rings. The molecule has 63 heavy (non-hydrogen) atoms. The number of hydrogen-bond donors (Lipinski definition) is 3. The number of aliphatic imine (C=N–C) groups is 1. The highest BCUT2D eigenvalue weighted by atomic mass is 32.1. The first kappa shape index (κ1) is 43.1. The van der Waals surface area contributed by atoms with Gasteiger partial charge >= 0.3 is 5.97 Å². The molecule has 8 rings (SSSR count). The molecule has 0 saturated carbocycles. The van der Waals surface area contributed by atoms with Crippen molar-refractivity contribution in [3.8, 4) is 26.6 Å². The van der Waals surface area contributed by atoms with Crippen LogP contribution in [-0.2, 0) is 19.1 Å². The Morgan fingerprint density at radius 2 is 1.62 bits per heavy atom. The van der Waals surface area contributed by atoms with Gasteiger partial charge in [-0.25, -0.2) is 4.98 Å². The molecule has 13 nitrogen and oxygen atoms in total. The Kier molecular flexibility index (Phi) is 12.6. The number of carbonyl (C=O) groups excluding carboxylic acids is 3. The molecule has 0 spiro atoms. The highest BCUT2D eigenvalue weighted by Gasteiger charge is 2.35. The minimum atomic E-state index is -0.573. The van der Waals surface area contributed by atoms with Crippen molar-refractivity contribution in [2.45, 2.75) is 72.0 Å². The highest BCUT2D eigenvalue weighted by molar-refractivity contribution is 7.15. The first-order valence-electron chi connectivity index (χ1n) is 20.9. The standard InChI is InChI=1S/C48H49N9O4S2/c1-27-30(4)63-48-43(27)44(53-39(22-42(59)61-6)46-55-54-31(5)57(46)48)36-17-15-34(16-18-36)33-11-13-35(14-12-33)38(23-49)24-50-25-41(58)56-21-7-8-40(56)47(60)52-28(2)32-9-19-37(20-10-32)45-29(3)51-26-62-45/h9-20,23-24,26,28,39-40,49-50H,7-8,21-22,25H2,1-6H3,(H,52,60)/b38-24+,49-23?/t28-,39-,40-/m0/s1. The van der Waals surface area contributed by atoms with Gasteiger partial charge in [0.15, 0.2) is 5.82 Å². The van der Waals surface area contributed by atoms with Crippen molar-refractivity contribution in [1.29, 1.82) is 5.41 Å². The predicted molar refractivity (Wildman–Crippen MR) is 249 cm³/mol. The number of esters is 1. The summed E-state index contributed by atoms with van der Waals surface area (Å²) in [6, 6.07) is 23.0. The van der Waals surface area contributed by atoms with E-state index in [1.807, 2.05) is 67.2 Å². The maximum absolute atomic E-state index is 13.4. The van der Waals surface area contributed by atoms with Gasteiger partial charge < -0.3 is 25.7 Å². The lowest BCUT2D eigenvalue weighted by atomic mass is 9.96. The molecule has 3 aromatic carbocycles. The molecule has 1 saturated heterocycles. The van der Waals surface area contributed by atoms with E-state index in [9.17, 15) is 14.4 Å². The second-order valence-electron chi connectivity index (χ2n) is 15.8. The number of nitrogens with zero attached hydrogens (tertiary/aromatic N) is 6. The molecule has 0 bridgehead atoms. The third-order valence-corrected chi connectivity index (χ3v) is 14.0. The van der Waals surface area contributed by atoms with Crippen molar-refractivity contribution in [2.75, 3.05) is 20.2 Å². The van der Waals surface area contributed by atoms with Gasteiger partial charge in [0.05, 0.1) is 47.9 Å². The fourth-order valence-corrected chi connectivity index (χ4v) is 10.3. The van der Waals surface area contributed by atoms with Crippen LogP contribution in [0.5, 0.6) is 0 Å². The molecule has 0 unspecified atom stereocenters. The summed E-state index contributed by atoms with van der Waals surface area (Å²) in [4.78, 5) is 52.8. The summed E-state index contributed by atoms with van der Waals surface area (Å²) in [6.45, 7) is 10.6. The molecule has 1 fully saturated rings. The molecule has 5 heterocycles. The zero-order chi connectivity index (χ0) is 44.4. The van der Waals surface area contributed by atoms with E-state index in [1.54, 1.807) is 33.8 Å². The number of methoxy groups -OCH3 is 1. The number of rotatable bonds is 13. The van der Waals surface area contributed by atoms with Gasteiger partial charge in [-0.2, -0.15) is 0 Å². The fraction of sp³-hybridized carbons (Fsp3) is 0.292. The Hall–Kier alpha value is -6.58. The molecule has 3 N–H and O–H groups in total. The third kappa shape index (κ3) is 8.75. The Bertz CT molecular complexity index is 2750. The summed E-state index contributed by atoms with van der Waals surface area (Å²) >= 11 is 3.27. The summed E-state index contributed by atoms with van der Waals surface area (Å²) in [5.41, 5.74) is 12.2. The monoisotopic (exact) mass is 879 g/mol. The van der Waals surface area contributed by atoms with E-state index in [0.717, 1.165) is 78.0 Å². The first-order valence-corrected chi connectivity index (χ1v) is 22.6. The van der Waals surface area contributed by atoms with E-state index in [0.29, 0.717) is 24.4 Å². The summed E-state index contributed by atoms with van der Waals surface area (Å²) < 4.78 is 7.05. The highest BCUT2D eigenvalue weighted by Crippen LogP contribution is 2.40. The zero-order valence-corrected chi connectivity index (χ0v) is 37.7. The average Bonchev–Trinajstić information content (AvgIpc) is 4.10. The third-order valence-electron chi connectivity index (χ3n) is 11.9. The van der Waals surface area contributed by atoms with Crippen molar-refractivity contribution in [3.05, 3.63) is 135 Å². The van der Waals surface area contributed by atoms with Gasteiger partial charge in [0.1, 0.15) is 22.9 Å². The minimum absolute atomic E-state index is 0.000400. The first-order chi connectivity index (χ1) is 30.4. The lowest BCUT2D eigenvalue weighted by Crippen LogP contribution is -2.48. The minimum Gasteiger partial charge on any atom is -0.469 e. The van der Waals surface area contributed by atoms with Gasteiger partial charge in [0.2, 0.25) is 11.8 Å². The molecule has 15 heteroatoms. The smallest absolute Gasteiger partial charge is 0.308 e. The van der Waals surface area contributed by atoms with E-state index in [4.69, 9.17) is 15.1 Å². The molecule has 2 aliphatic heterocycles. The SMILES string of the molecule is COC(=O)C[C@@H]1N=C(c2ccc(-c3ccc(/C(C=N)=C/NCC(=O)N4CCC[C@H]4C(=O)N[C@@H](C)c4ccc(-c5scnc5C)cc4)cc3)cc2)c2c(sc(C)c2C)-n2c(C)nnc21. The van der Waals surface area contributed by atoms with E-state index >= 15 is 0 Å². The molecule has 2 amide bonds. The Morgan fingerprint density at radius 3 is 2.29 bits per heavy atom. The number of fused-ring (bicyclic) bond motifs is 3. The largest absolute Gasteiger partial charge is 0.469 e. The summed E-state index contributed by atoms with van der Waals surface area (Å²) in [7, 11) is 1.38. The summed E-state index contributed by atoms with van der Waals surface area (Å²) in [5.74, 6) is 0.635. The van der Waals surface area contributed by atoms with Gasteiger partial charge in [-0.15, -0.1) is 32.9 Å². The van der Waals surface area contributed by atoms with E-state index in [-0.39, 0.29) is 36.8 Å². The second-order valence-corrected chi connectivity index (χ2v) is 17.9. The average molecular weight is 880 g/mol. The number of thiophene rings is 1. The number of aromatic nitrogens is 4. The number of likely N-dealkylation sites (tertiary alicyclic amines) is 1. The Morgan fingerprint density at radius 1 is 0.937 bits per heavy atom. The van der Waals surface area contributed by atoms with Crippen molar-refractivity contribution >= 4 is 58.0 Å². The van der Waals surface area contributed by atoms with Crippen LogP contribution < -0.4 is 10.6 Å². The molecule has 3 atom stereocenters. The van der Waals surface area contributed by atoms with Crippen LogP contribution in [0.3, 0.4) is 0 Å². The van der Waals surface area contributed by atoms with Crippen LogP contribution in [0.15, 0.2) is 89.5 Å². The van der Waals surface area contributed by atoms with Crippen molar-refractivity contribution in [1.82, 2.24) is 35.3 Å². The number of thiazole rings is 1. The van der Waals surface area contributed by atoms with Crippen LogP contribution in [0.4, 0.5) is 0 Å². The second kappa shape index (κ2) is 18.4. The molecule has 0 aliphatic carbocycles. The normalized spacial score (nSPS) is 16.4. The number of carbonyl (C=O) groups is 3. The number of ether oxygens (including phenoxy) is 1. The molecule has 3 aromatic heterocycles. The topological polar surface area (TPSA) is 168 Å². The number of amides is 2. The van der Waals surface area contributed by atoms with Crippen molar-refractivity contribution in [2.24, 2.45) is 4.99 Å². The number of aryl methyl sites for hydroxylation is 3.